The lowest BCUT2D eigenvalue weighted by molar-refractivity contribution is 0.0464. The van der Waals surface area contributed by atoms with E-state index in [-0.39, 0.29) is 24.1 Å². The van der Waals surface area contributed by atoms with Crippen molar-refractivity contribution in [3.8, 4) is 17.2 Å². The zero-order valence-electron chi connectivity index (χ0n) is 19.2. The van der Waals surface area contributed by atoms with Crippen LogP contribution in [0.2, 0.25) is 0 Å². The number of piperidine rings is 1. The lowest BCUT2D eigenvalue weighted by Crippen LogP contribution is -2.44. The Balaban J connectivity index is 1.04. The third-order valence-corrected chi connectivity index (χ3v) is 6.83. The van der Waals surface area contributed by atoms with Crippen molar-refractivity contribution in [1.29, 1.82) is 0 Å². The minimum absolute atomic E-state index is 0.0460. The summed E-state index contributed by atoms with van der Waals surface area (Å²) in [5.74, 6) is 2.33. The van der Waals surface area contributed by atoms with E-state index < -0.39 is 0 Å². The number of amides is 1. The van der Waals surface area contributed by atoms with Crippen LogP contribution in [0.3, 0.4) is 0 Å². The number of likely N-dealkylation sites (tertiary alicyclic amines) is 1. The summed E-state index contributed by atoms with van der Waals surface area (Å²) in [6.07, 6.45) is 2.88. The van der Waals surface area contributed by atoms with E-state index in [4.69, 9.17) is 18.9 Å². The summed E-state index contributed by atoms with van der Waals surface area (Å²) in [4.78, 5) is 16.4. The van der Waals surface area contributed by atoms with E-state index in [0.717, 1.165) is 50.4 Å². The van der Waals surface area contributed by atoms with Gasteiger partial charge in [0.1, 0.15) is 43.5 Å². The predicted octanol–water partition coefficient (Wildman–Crippen LogP) is 3.97. The number of carbonyl (C=O) groups excluding carboxylic acids is 1. The van der Waals surface area contributed by atoms with Crippen molar-refractivity contribution in [2.75, 3.05) is 46.0 Å². The topological polar surface area (TPSA) is 60.5 Å². The molecule has 8 heteroatoms. The Morgan fingerprint density at radius 1 is 1.00 bits per heavy atom. The van der Waals surface area contributed by atoms with E-state index in [1.807, 2.05) is 24.3 Å². The summed E-state index contributed by atoms with van der Waals surface area (Å²) >= 11 is 0. The summed E-state index contributed by atoms with van der Waals surface area (Å²) in [6.45, 7) is 4.72. The van der Waals surface area contributed by atoms with Crippen LogP contribution in [0.1, 0.15) is 19.3 Å². The van der Waals surface area contributed by atoms with E-state index in [9.17, 15) is 9.18 Å². The van der Waals surface area contributed by atoms with Crippen LogP contribution in [0, 0.1) is 11.7 Å². The number of carbonyl (C=O) groups is 1. The van der Waals surface area contributed by atoms with Gasteiger partial charge in [0.15, 0.2) is 11.5 Å². The number of halogens is 1. The molecule has 5 rings (SSSR count). The quantitative estimate of drug-likeness (QED) is 0.582. The maximum absolute atomic E-state index is 13.4. The Bertz CT molecular complexity index is 981. The first kappa shape index (κ1) is 22.8. The number of fused-ring (bicyclic) bond motifs is 1. The van der Waals surface area contributed by atoms with Crippen molar-refractivity contribution in [2.45, 2.75) is 31.4 Å². The van der Waals surface area contributed by atoms with Gasteiger partial charge in [-0.1, -0.05) is 18.2 Å². The zero-order valence-corrected chi connectivity index (χ0v) is 19.2. The van der Waals surface area contributed by atoms with Crippen LogP contribution in [0.15, 0.2) is 48.5 Å². The average molecular weight is 471 g/mol. The molecule has 0 spiro atoms. The number of cyclic esters (lactones) is 1. The molecule has 0 aliphatic carbocycles. The van der Waals surface area contributed by atoms with Gasteiger partial charge in [-0.05, 0) is 62.5 Å². The molecule has 0 radical (unpaired) electrons. The smallest absolute Gasteiger partial charge is 0.410 e. The molecule has 0 unspecified atom stereocenters. The third-order valence-electron chi connectivity index (χ3n) is 6.83. The van der Waals surface area contributed by atoms with E-state index in [2.05, 4.69) is 4.90 Å². The summed E-state index contributed by atoms with van der Waals surface area (Å²) in [6, 6.07) is 13.7. The number of hydrogen-bond donors (Lipinski definition) is 0. The normalized spacial score (nSPS) is 23.1. The maximum atomic E-state index is 13.4. The van der Waals surface area contributed by atoms with Gasteiger partial charge in [0.25, 0.3) is 0 Å². The summed E-state index contributed by atoms with van der Waals surface area (Å²) in [5, 5.41) is 0. The first-order valence-corrected chi connectivity index (χ1v) is 12.1. The van der Waals surface area contributed by atoms with Crippen molar-refractivity contribution in [3.63, 3.8) is 0 Å². The fourth-order valence-electron chi connectivity index (χ4n) is 4.87. The van der Waals surface area contributed by atoms with Crippen LogP contribution in [0.25, 0.3) is 0 Å². The molecular formula is C26H31FN2O5. The van der Waals surface area contributed by atoms with Gasteiger partial charge in [0.2, 0.25) is 0 Å². The van der Waals surface area contributed by atoms with Gasteiger partial charge in [-0.15, -0.1) is 0 Å². The molecule has 2 atom stereocenters. The van der Waals surface area contributed by atoms with E-state index >= 15 is 0 Å². The van der Waals surface area contributed by atoms with Gasteiger partial charge in [-0.2, -0.15) is 0 Å². The monoisotopic (exact) mass is 470 g/mol. The molecule has 0 N–H and O–H groups in total. The minimum atomic E-state index is -0.341. The zero-order chi connectivity index (χ0) is 23.3. The molecular weight excluding hydrogens is 439 g/mol. The lowest BCUT2D eigenvalue weighted by atomic mass is 9.93. The molecule has 0 aromatic heterocycles. The van der Waals surface area contributed by atoms with Gasteiger partial charge >= 0.3 is 6.09 Å². The standard InChI is InChI=1S/C26H31FN2O5/c27-20-4-3-5-22(14-20)31-16-21-17-33-26(30)29(21)13-10-19-8-11-28(12-9-19)15-23-18-32-24-6-1-2-7-25(24)34-23/h1-7,14,19,21,23H,8-13,15-18H2/t21-,23+/m1/s1. The van der Waals surface area contributed by atoms with Crippen LogP contribution >= 0.6 is 0 Å². The van der Waals surface area contributed by atoms with Gasteiger partial charge in [-0.25, -0.2) is 9.18 Å². The number of hydrogen-bond acceptors (Lipinski definition) is 6. The molecule has 0 saturated carbocycles. The van der Waals surface area contributed by atoms with Crippen molar-refractivity contribution in [1.82, 2.24) is 9.80 Å². The molecule has 2 aromatic carbocycles. The third kappa shape index (κ3) is 5.55. The first-order chi connectivity index (χ1) is 16.6. The van der Waals surface area contributed by atoms with Crippen molar-refractivity contribution in [3.05, 3.63) is 54.3 Å². The fraction of sp³-hybridized carbons (Fsp3) is 0.500. The highest BCUT2D eigenvalue weighted by molar-refractivity contribution is 5.70. The summed E-state index contributed by atoms with van der Waals surface area (Å²) in [5.41, 5.74) is 0. The number of nitrogens with zero attached hydrogens (tertiary/aromatic N) is 2. The molecule has 3 aliphatic rings. The minimum Gasteiger partial charge on any atom is -0.491 e. The molecule has 34 heavy (non-hydrogen) atoms. The Labute approximate surface area is 199 Å². The molecule has 2 saturated heterocycles. The average Bonchev–Trinajstić information content (AvgIpc) is 3.21. The number of para-hydroxylation sites is 2. The van der Waals surface area contributed by atoms with E-state index in [1.165, 1.54) is 12.1 Å². The second-order valence-electron chi connectivity index (χ2n) is 9.22. The molecule has 182 valence electrons. The van der Waals surface area contributed by atoms with Crippen LogP contribution in [-0.2, 0) is 4.74 Å². The molecule has 3 heterocycles. The van der Waals surface area contributed by atoms with Gasteiger partial charge in [-0.3, -0.25) is 9.80 Å². The molecule has 3 aliphatic heterocycles. The van der Waals surface area contributed by atoms with E-state index in [0.29, 0.717) is 38.0 Å². The fourth-order valence-corrected chi connectivity index (χ4v) is 4.87. The summed E-state index contributed by atoms with van der Waals surface area (Å²) in [7, 11) is 0. The Hall–Kier alpha value is -3.00. The second kappa shape index (κ2) is 10.5. The Kier molecular flexibility index (Phi) is 7.04. The Morgan fingerprint density at radius 2 is 1.82 bits per heavy atom. The highest BCUT2D eigenvalue weighted by Gasteiger charge is 2.34. The SMILES string of the molecule is O=C1OC[C@@H](COc2cccc(F)c2)N1CCC1CCN(C[C@H]2COc3ccccc3O2)CC1. The first-order valence-electron chi connectivity index (χ1n) is 12.1. The molecule has 2 aromatic rings. The van der Waals surface area contributed by atoms with Crippen LogP contribution in [0.4, 0.5) is 9.18 Å². The van der Waals surface area contributed by atoms with Crippen LogP contribution < -0.4 is 14.2 Å². The van der Waals surface area contributed by atoms with Crippen LogP contribution in [-0.4, -0.2) is 74.0 Å². The largest absolute Gasteiger partial charge is 0.491 e. The lowest BCUT2D eigenvalue weighted by Gasteiger charge is -2.36. The van der Waals surface area contributed by atoms with Gasteiger partial charge in [0.05, 0.1) is 0 Å². The van der Waals surface area contributed by atoms with Crippen molar-refractivity contribution in [2.24, 2.45) is 5.92 Å². The van der Waals surface area contributed by atoms with Crippen LogP contribution in [0.5, 0.6) is 17.2 Å². The van der Waals surface area contributed by atoms with Gasteiger partial charge < -0.3 is 18.9 Å². The number of rotatable bonds is 8. The molecule has 0 bridgehead atoms. The van der Waals surface area contributed by atoms with E-state index in [1.54, 1.807) is 17.0 Å². The number of ether oxygens (including phenoxy) is 4. The highest BCUT2D eigenvalue weighted by atomic mass is 19.1. The molecule has 1 amide bonds. The molecule has 7 nitrogen and oxygen atoms in total. The van der Waals surface area contributed by atoms with Crippen molar-refractivity contribution >= 4 is 6.09 Å². The maximum Gasteiger partial charge on any atom is 0.410 e. The highest BCUT2D eigenvalue weighted by Crippen LogP contribution is 2.31. The molecule has 2 fully saturated rings. The van der Waals surface area contributed by atoms with Gasteiger partial charge in [0, 0.05) is 19.2 Å². The summed E-state index contributed by atoms with van der Waals surface area (Å²) < 4.78 is 36.3. The Morgan fingerprint density at radius 3 is 2.65 bits per heavy atom. The predicted molar refractivity (Wildman–Crippen MR) is 124 cm³/mol. The van der Waals surface area contributed by atoms with Crippen molar-refractivity contribution < 1.29 is 28.1 Å². The second-order valence-corrected chi connectivity index (χ2v) is 9.22. The number of benzene rings is 2.